The maximum atomic E-state index is 5.33. The minimum atomic E-state index is 0.459. The number of piperidine rings is 1. The number of nitrogens with zero attached hydrogens (tertiary/aromatic N) is 3. The topological polar surface area (TPSA) is 54.2 Å². The molecule has 1 fully saturated rings. The largest absolute Gasteiger partial charge is 0.424 e. The molecular formula is C12H22N4O. The highest BCUT2D eigenvalue weighted by Gasteiger charge is 2.13. The fourth-order valence-corrected chi connectivity index (χ4v) is 2.26. The summed E-state index contributed by atoms with van der Waals surface area (Å²) in [6, 6.07) is 0.459. The van der Waals surface area contributed by atoms with Gasteiger partial charge in [0.1, 0.15) is 0 Å². The molecule has 0 saturated carbocycles. The zero-order chi connectivity index (χ0) is 12.1. The summed E-state index contributed by atoms with van der Waals surface area (Å²) in [5, 5.41) is 11.2. The van der Waals surface area contributed by atoms with Gasteiger partial charge in [-0.25, -0.2) is 0 Å². The third kappa shape index (κ3) is 4.09. The second-order valence-electron chi connectivity index (χ2n) is 4.86. The van der Waals surface area contributed by atoms with E-state index in [-0.39, 0.29) is 0 Å². The number of rotatable bonds is 5. The zero-order valence-electron chi connectivity index (χ0n) is 10.8. The van der Waals surface area contributed by atoms with Crippen molar-refractivity contribution in [2.24, 2.45) is 0 Å². The van der Waals surface area contributed by atoms with Crippen LogP contribution in [0.1, 0.15) is 38.0 Å². The van der Waals surface area contributed by atoms with Crippen LogP contribution in [0.2, 0.25) is 0 Å². The third-order valence-corrected chi connectivity index (χ3v) is 3.15. The molecule has 2 rings (SSSR count). The Morgan fingerprint density at radius 3 is 2.71 bits per heavy atom. The maximum absolute atomic E-state index is 5.33. The average molecular weight is 238 g/mol. The van der Waals surface area contributed by atoms with Crippen molar-refractivity contribution in [3.8, 4) is 0 Å². The lowest BCUT2D eigenvalue weighted by molar-refractivity contribution is 0.207. The molecule has 1 atom stereocenters. The SMILES string of the molecule is Cc1nnc(CNC(C)CN2CCCCC2)o1. The molecule has 1 aromatic rings. The number of nitrogens with one attached hydrogen (secondary N) is 1. The first-order valence-electron chi connectivity index (χ1n) is 6.49. The summed E-state index contributed by atoms with van der Waals surface area (Å²) >= 11 is 0. The quantitative estimate of drug-likeness (QED) is 0.839. The Morgan fingerprint density at radius 2 is 2.06 bits per heavy atom. The Bertz CT molecular complexity index is 333. The van der Waals surface area contributed by atoms with Crippen molar-refractivity contribution in [3.05, 3.63) is 11.8 Å². The normalized spacial score (nSPS) is 19.4. The Morgan fingerprint density at radius 1 is 1.29 bits per heavy atom. The monoisotopic (exact) mass is 238 g/mol. The molecule has 0 radical (unpaired) electrons. The van der Waals surface area contributed by atoms with Gasteiger partial charge in [0, 0.05) is 19.5 Å². The van der Waals surface area contributed by atoms with Crippen molar-refractivity contribution >= 4 is 0 Å². The predicted octanol–water partition coefficient (Wildman–Crippen LogP) is 1.34. The average Bonchev–Trinajstić information content (AvgIpc) is 2.74. The fraction of sp³-hybridized carbons (Fsp3) is 0.833. The van der Waals surface area contributed by atoms with E-state index < -0.39 is 0 Å². The second kappa shape index (κ2) is 6.12. The highest BCUT2D eigenvalue weighted by atomic mass is 16.4. The number of aryl methyl sites for hydroxylation is 1. The second-order valence-corrected chi connectivity index (χ2v) is 4.86. The third-order valence-electron chi connectivity index (χ3n) is 3.15. The van der Waals surface area contributed by atoms with Gasteiger partial charge in [0.05, 0.1) is 6.54 Å². The van der Waals surface area contributed by atoms with Gasteiger partial charge in [0.15, 0.2) is 0 Å². The van der Waals surface area contributed by atoms with E-state index in [4.69, 9.17) is 4.42 Å². The van der Waals surface area contributed by atoms with Crippen LogP contribution in [-0.4, -0.2) is 40.8 Å². The van der Waals surface area contributed by atoms with E-state index in [1.165, 1.54) is 32.4 Å². The van der Waals surface area contributed by atoms with Crippen molar-refractivity contribution < 1.29 is 4.42 Å². The van der Waals surface area contributed by atoms with Gasteiger partial charge in [-0.1, -0.05) is 6.42 Å². The van der Waals surface area contributed by atoms with E-state index in [1.807, 2.05) is 6.92 Å². The van der Waals surface area contributed by atoms with E-state index in [1.54, 1.807) is 0 Å². The van der Waals surface area contributed by atoms with E-state index in [2.05, 4.69) is 27.3 Å². The lowest BCUT2D eigenvalue weighted by Gasteiger charge is -2.29. The smallest absolute Gasteiger partial charge is 0.230 e. The summed E-state index contributed by atoms with van der Waals surface area (Å²) in [5.41, 5.74) is 0. The van der Waals surface area contributed by atoms with Crippen LogP contribution in [0, 0.1) is 6.92 Å². The Kier molecular flexibility index (Phi) is 4.50. The van der Waals surface area contributed by atoms with Crippen LogP contribution >= 0.6 is 0 Å². The van der Waals surface area contributed by atoms with Gasteiger partial charge in [-0.3, -0.25) is 0 Å². The number of likely N-dealkylation sites (tertiary alicyclic amines) is 1. The van der Waals surface area contributed by atoms with E-state index in [9.17, 15) is 0 Å². The van der Waals surface area contributed by atoms with Crippen molar-refractivity contribution in [2.75, 3.05) is 19.6 Å². The predicted molar refractivity (Wildman–Crippen MR) is 65.6 cm³/mol. The molecule has 1 unspecified atom stereocenters. The van der Waals surface area contributed by atoms with E-state index >= 15 is 0 Å². The molecule has 1 N–H and O–H groups in total. The van der Waals surface area contributed by atoms with Crippen LogP contribution in [0.25, 0.3) is 0 Å². The molecule has 1 aliphatic rings. The van der Waals surface area contributed by atoms with Crippen molar-refractivity contribution in [1.29, 1.82) is 0 Å². The van der Waals surface area contributed by atoms with Gasteiger partial charge < -0.3 is 14.6 Å². The lowest BCUT2D eigenvalue weighted by atomic mass is 10.1. The molecule has 96 valence electrons. The molecule has 5 heteroatoms. The van der Waals surface area contributed by atoms with Crippen molar-refractivity contribution in [1.82, 2.24) is 20.4 Å². The van der Waals surface area contributed by atoms with Crippen LogP contribution in [-0.2, 0) is 6.54 Å². The summed E-state index contributed by atoms with van der Waals surface area (Å²) < 4.78 is 5.33. The molecule has 0 aliphatic carbocycles. The zero-order valence-corrected chi connectivity index (χ0v) is 10.8. The van der Waals surface area contributed by atoms with Gasteiger partial charge in [-0.15, -0.1) is 10.2 Å². The number of hydrogen-bond donors (Lipinski definition) is 1. The number of hydrogen-bond acceptors (Lipinski definition) is 5. The fourth-order valence-electron chi connectivity index (χ4n) is 2.26. The molecular weight excluding hydrogens is 216 g/mol. The minimum Gasteiger partial charge on any atom is -0.424 e. The van der Waals surface area contributed by atoms with Gasteiger partial charge in [0.25, 0.3) is 0 Å². The van der Waals surface area contributed by atoms with Gasteiger partial charge >= 0.3 is 0 Å². The highest BCUT2D eigenvalue weighted by molar-refractivity contribution is 4.80. The molecule has 1 aliphatic heterocycles. The highest BCUT2D eigenvalue weighted by Crippen LogP contribution is 2.08. The van der Waals surface area contributed by atoms with Crippen LogP contribution in [0.4, 0.5) is 0 Å². The van der Waals surface area contributed by atoms with Gasteiger partial charge in [0.2, 0.25) is 11.8 Å². The summed E-state index contributed by atoms with van der Waals surface area (Å²) in [4.78, 5) is 2.53. The van der Waals surface area contributed by atoms with Crippen LogP contribution < -0.4 is 5.32 Å². The molecule has 0 spiro atoms. The molecule has 17 heavy (non-hydrogen) atoms. The summed E-state index contributed by atoms with van der Waals surface area (Å²) in [7, 11) is 0. The Labute approximate surface area is 103 Å². The molecule has 1 saturated heterocycles. The van der Waals surface area contributed by atoms with Crippen LogP contribution in [0.5, 0.6) is 0 Å². The molecule has 0 aromatic carbocycles. The molecule has 0 bridgehead atoms. The Hall–Kier alpha value is -0.940. The van der Waals surface area contributed by atoms with Crippen LogP contribution in [0.3, 0.4) is 0 Å². The molecule has 5 nitrogen and oxygen atoms in total. The summed E-state index contributed by atoms with van der Waals surface area (Å²) in [6.45, 7) is 8.27. The Balaban J connectivity index is 1.68. The standard InChI is InChI=1S/C12H22N4O/c1-10(9-16-6-4-3-5-7-16)13-8-12-15-14-11(2)17-12/h10,13H,3-9H2,1-2H3. The first-order valence-corrected chi connectivity index (χ1v) is 6.49. The van der Waals surface area contributed by atoms with Crippen LogP contribution in [0.15, 0.2) is 4.42 Å². The van der Waals surface area contributed by atoms with Gasteiger partial charge in [-0.05, 0) is 32.9 Å². The molecule has 1 aromatic heterocycles. The first-order chi connectivity index (χ1) is 8.24. The first kappa shape index (κ1) is 12.5. The molecule has 0 amide bonds. The van der Waals surface area contributed by atoms with Crippen molar-refractivity contribution in [3.63, 3.8) is 0 Å². The maximum Gasteiger partial charge on any atom is 0.230 e. The van der Waals surface area contributed by atoms with E-state index in [0.29, 0.717) is 24.4 Å². The lowest BCUT2D eigenvalue weighted by Crippen LogP contribution is -2.41. The van der Waals surface area contributed by atoms with Crippen molar-refractivity contribution in [2.45, 2.75) is 45.7 Å². The molecule has 2 heterocycles. The minimum absolute atomic E-state index is 0.459. The van der Waals surface area contributed by atoms with Gasteiger partial charge in [-0.2, -0.15) is 0 Å². The number of aromatic nitrogens is 2. The summed E-state index contributed by atoms with van der Waals surface area (Å²) in [5.74, 6) is 1.30. The summed E-state index contributed by atoms with van der Waals surface area (Å²) in [6.07, 6.45) is 4.07. The van der Waals surface area contributed by atoms with E-state index in [0.717, 1.165) is 6.54 Å².